The third-order valence-electron chi connectivity index (χ3n) is 4.19. The van der Waals surface area contributed by atoms with Crippen molar-refractivity contribution in [1.29, 1.82) is 0 Å². The highest BCUT2D eigenvalue weighted by Gasteiger charge is 2.22. The van der Waals surface area contributed by atoms with Gasteiger partial charge in [-0.05, 0) is 31.0 Å². The van der Waals surface area contributed by atoms with Crippen LogP contribution in [-0.4, -0.2) is 26.8 Å². The summed E-state index contributed by atoms with van der Waals surface area (Å²) in [6, 6.07) is 8.70. The first kappa shape index (κ1) is 15.3. The molecule has 2 N–H and O–H groups in total. The number of hydrogen-bond donors (Lipinski definition) is 2. The van der Waals surface area contributed by atoms with Crippen molar-refractivity contribution in [2.75, 3.05) is 5.32 Å². The molecule has 1 aliphatic rings. The largest absolute Gasteiger partial charge is 0.476 e. The minimum Gasteiger partial charge on any atom is -0.476 e. The zero-order valence-electron chi connectivity index (χ0n) is 12.7. The highest BCUT2D eigenvalue weighted by Crippen LogP contribution is 2.26. The Balaban J connectivity index is 1.82. The van der Waals surface area contributed by atoms with Gasteiger partial charge in [-0.15, -0.1) is 0 Å². The molecule has 23 heavy (non-hydrogen) atoms. The van der Waals surface area contributed by atoms with E-state index in [9.17, 15) is 9.59 Å². The monoisotopic (exact) mass is 313 g/mol. The Morgan fingerprint density at radius 1 is 1.13 bits per heavy atom. The van der Waals surface area contributed by atoms with E-state index in [4.69, 9.17) is 5.11 Å². The molecule has 0 bridgehead atoms. The molecule has 120 valence electrons. The van der Waals surface area contributed by atoms with Crippen LogP contribution in [0, 0.1) is 5.92 Å². The summed E-state index contributed by atoms with van der Waals surface area (Å²) >= 11 is 0. The van der Waals surface area contributed by atoms with Crippen LogP contribution in [0.3, 0.4) is 0 Å². The van der Waals surface area contributed by atoms with Crippen LogP contribution in [-0.2, 0) is 4.79 Å². The molecule has 2 aromatic rings. The number of nitrogens with one attached hydrogen (secondary N) is 1. The van der Waals surface area contributed by atoms with E-state index in [0.29, 0.717) is 11.4 Å². The molecular formula is C17H19N3O3. The minimum absolute atomic E-state index is 0.0292. The van der Waals surface area contributed by atoms with Crippen LogP contribution >= 0.6 is 0 Å². The van der Waals surface area contributed by atoms with Gasteiger partial charge in [0.1, 0.15) is 0 Å². The molecule has 0 aliphatic heterocycles. The molecule has 1 amide bonds. The number of amides is 1. The van der Waals surface area contributed by atoms with Gasteiger partial charge < -0.3 is 10.4 Å². The number of nitrogens with zero attached hydrogens (tertiary/aromatic N) is 2. The second kappa shape index (κ2) is 6.64. The topological polar surface area (TPSA) is 84.2 Å². The zero-order valence-corrected chi connectivity index (χ0v) is 12.7. The molecule has 0 atom stereocenters. The Hall–Kier alpha value is -2.63. The van der Waals surface area contributed by atoms with Gasteiger partial charge in [-0.2, -0.15) is 5.10 Å². The first-order chi connectivity index (χ1) is 11.1. The summed E-state index contributed by atoms with van der Waals surface area (Å²) in [7, 11) is 0. The Bertz CT molecular complexity index is 717. The van der Waals surface area contributed by atoms with Gasteiger partial charge in [-0.1, -0.05) is 31.4 Å². The Morgan fingerprint density at radius 2 is 1.87 bits per heavy atom. The van der Waals surface area contributed by atoms with Crippen molar-refractivity contribution in [3.05, 3.63) is 42.2 Å². The molecule has 3 rings (SSSR count). The van der Waals surface area contributed by atoms with Gasteiger partial charge in [0.15, 0.2) is 5.69 Å². The van der Waals surface area contributed by atoms with Crippen molar-refractivity contribution in [3.63, 3.8) is 0 Å². The lowest BCUT2D eigenvalue weighted by Gasteiger charge is -2.21. The fourth-order valence-electron chi connectivity index (χ4n) is 2.95. The van der Waals surface area contributed by atoms with Crippen molar-refractivity contribution in [3.8, 4) is 5.69 Å². The smallest absolute Gasteiger partial charge is 0.356 e. The predicted octanol–water partition coefficient (Wildman–Crippen LogP) is 3.09. The number of para-hydroxylation sites is 2. The van der Waals surface area contributed by atoms with Crippen LogP contribution in [0.1, 0.15) is 42.6 Å². The molecule has 1 heterocycles. The molecule has 0 radical (unpaired) electrons. The molecule has 1 aliphatic carbocycles. The number of carboxylic acid groups (broad SMARTS) is 1. The predicted molar refractivity (Wildman–Crippen MR) is 85.7 cm³/mol. The van der Waals surface area contributed by atoms with Gasteiger partial charge in [0.05, 0.1) is 11.4 Å². The maximum Gasteiger partial charge on any atom is 0.356 e. The van der Waals surface area contributed by atoms with Crippen LogP contribution in [0.5, 0.6) is 0 Å². The van der Waals surface area contributed by atoms with Gasteiger partial charge in [0.2, 0.25) is 5.91 Å². The number of aromatic nitrogens is 2. The number of benzene rings is 1. The SMILES string of the molecule is O=C(O)c1ccn(-c2ccccc2NC(=O)C2CCCCC2)n1. The number of hydrogen-bond acceptors (Lipinski definition) is 3. The number of rotatable bonds is 4. The summed E-state index contributed by atoms with van der Waals surface area (Å²) in [6.45, 7) is 0. The lowest BCUT2D eigenvalue weighted by molar-refractivity contribution is -0.120. The van der Waals surface area contributed by atoms with E-state index in [1.54, 1.807) is 18.3 Å². The lowest BCUT2D eigenvalue weighted by atomic mass is 9.88. The second-order valence-corrected chi connectivity index (χ2v) is 5.79. The second-order valence-electron chi connectivity index (χ2n) is 5.79. The van der Waals surface area contributed by atoms with Crippen molar-refractivity contribution < 1.29 is 14.7 Å². The Labute approximate surface area is 134 Å². The summed E-state index contributed by atoms with van der Waals surface area (Å²) < 4.78 is 1.47. The molecule has 1 fully saturated rings. The zero-order chi connectivity index (χ0) is 16.2. The maximum atomic E-state index is 12.4. The highest BCUT2D eigenvalue weighted by molar-refractivity contribution is 5.94. The van der Waals surface area contributed by atoms with E-state index in [0.717, 1.165) is 25.7 Å². The molecule has 1 saturated carbocycles. The normalized spacial score (nSPS) is 15.3. The van der Waals surface area contributed by atoms with Crippen LogP contribution in [0.15, 0.2) is 36.5 Å². The first-order valence-electron chi connectivity index (χ1n) is 7.84. The Morgan fingerprint density at radius 3 is 2.57 bits per heavy atom. The quantitative estimate of drug-likeness (QED) is 0.908. The minimum atomic E-state index is -1.08. The lowest BCUT2D eigenvalue weighted by Crippen LogP contribution is -2.25. The number of carboxylic acids is 1. The maximum absolute atomic E-state index is 12.4. The summed E-state index contributed by atoms with van der Waals surface area (Å²) in [4.78, 5) is 23.4. The molecule has 6 nitrogen and oxygen atoms in total. The van der Waals surface area contributed by atoms with Gasteiger partial charge in [0.25, 0.3) is 0 Å². The van der Waals surface area contributed by atoms with Gasteiger partial charge in [0, 0.05) is 12.1 Å². The van der Waals surface area contributed by atoms with Gasteiger partial charge >= 0.3 is 5.97 Å². The van der Waals surface area contributed by atoms with Gasteiger partial charge in [-0.3, -0.25) is 4.79 Å². The average molecular weight is 313 g/mol. The van der Waals surface area contributed by atoms with Crippen LogP contribution in [0.4, 0.5) is 5.69 Å². The Kier molecular flexibility index (Phi) is 4.41. The van der Waals surface area contributed by atoms with Crippen LogP contribution < -0.4 is 5.32 Å². The molecule has 0 unspecified atom stereocenters. The molecule has 1 aromatic carbocycles. The van der Waals surface area contributed by atoms with Crippen LogP contribution in [0.2, 0.25) is 0 Å². The molecule has 1 aromatic heterocycles. The molecule has 0 saturated heterocycles. The van der Waals surface area contributed by atoms with E-state index in [1.807, 2.05) is 12.1 Å². The fraction of sp³-hybridized carbons (Fsp3) is 0.353. The third-order valence-corrected chi connectivity index (χ3v) is 4.19. The molecular weight excluding hydrogens is 294 g/mol. The number of carbonyl (C=O) groups is 2. The van der Waals surface area contributed by atoms with E-state index >= 15 is 0 Å². The van der Waals surface area contributed by atoms with E-state index < -0.39 is 5.97 Å². The summed E-state index contributed by atoms with van der Waals surface area (Å²) in [5, 5.41) is 16.0. The summed E-state index contributed by atoms with van der Waals surface area (Å²) in [5.41, 5.74) is 1.27. The average Bonchev–Trinajstić information content (AvgIpc) is 3.06. The summed E-state index contributed by atoms with van der Waals surface area (Å²) in [6.07, 6.45) is 6.83. The summed E-state index contributed by atoms with van der Waals surface area (Å²) in [5.74, 6) is -0.987. The first-order valence-corrected chi connectivity index (χ1v) is 7.84. The van der Waals surface area contributed by atoms with Gasteiger partial charge in [-0.25, -0.2) is 9.48 Å². The number of anilines is 1. The highest BCUT2D eigenvalue weighted by atomic mass is 16.4. The molecule has 6 heteroatoms. The standard InChI is InChI=1S/C17H19N3O3/c21-16(12-6-2-1-3-7-12)18-13-8-4-5-9-15(13)20-11-10-14(19-20)17(22)23/h4-5,8-12H,1-3,6-7H2,(H,18,21)(H,22,23). The van der Waals surface area contributed by atoms with E-state index in [-0.39, 0.29) is 17.5 Å². The number of aromatic carboxylic acids is 1. The van der Waals surface area contributed by atoms with Crippen molar-refractivity contribution in [2.24, 2.45) is 5.92 Å². The van der Waals surface area contributed by atoms with Crippen molar-refractivity contribution in [2.45, 2.75) is 32.1 Å². The van der Waals surface area contributed by atoms with Crippen molar-refractivity contribution in [1.82, 2.24) is 9.78 Å². The molecule has 0 spiro atoms. The number of carbonyl (C=O) groups excluding carboxylic acids is 1. The van der Waals surface area contributed by atoms with E-state index in [1.165, 1.54) is 17.2 Å². The van der Waals surface area contributed by atoms with Crippen LogP contribution in [0.25, 0.3) is 5.69 Å². The third kappa shape index (κ3) is 3.41. The van der Waals surface area contributed by atoms with E-state index in [2.05, 4.69) is 10.4 Å². The van der Waals surface area contributed by atoms with Crippen molar-refractivity contribution >= 4 is 17.6 Å². The fourth-order valence-corrected chi connectivity index (χ4v) is 2.95.